The highest BCUT2D eigenvalue weighted by Gasteiger charge is 2.08. The van der Waals surface area contributed by atoms with E-state index in [2.05, 4.69) is 4.99 Å². The van der Waals surface area contributed by atoms with E-state index in [1.54, 1.807) is 33.3 Å². The van der Waals surface area contributed by atoms with Crippen molar-refractivity contribution in [1.82, 2.24) is 0 Å². The number of hydrogen-bond donors (Lipinski definition) is 1. The van der Waals surface area contributed by atoms with Crippen LogP contribution in [0, 0.1) is 0 Å². The number of Topliss-reactive ketones (excluding diaryl/α,β-unsaturated/α-hetero) is 1. The summed E-state index contributed by atoms with van der Waals surface area (Å²) in [6.45, 7) is 2.63. The maximum atomic E-state index is 11.4. The molecule has 0 unspecified atom stereocenters. The van der Waals surface area contributed by atoms with Crippen LogP contribution in [0.5, 0.6) is 5.75 Å². The van der Waals surface area contributed by atoms with Gasteiger partial charge in [0.25, 0.3) is 0 Å². The third-order valence-corrected chi connectivity index (χ3v) is 3.51. The molecule has 1 aromatic carbocycles. The smallest absolute Gasteiger partial charge is 0.159 e. The minimum atomic E-state index is 0.0284. The summed E-state index contributed by atoms with van der Waals surface area (Å²) in [6.07, 6.45) is 0. The number of rotatable bonds is 7. The third-order valence-electron chi connectivity index (χ3n) is 2.63. The van der Waals surface area contributed by atoms with Gasteiger partial charge in [0.15, 0.2) is 11.0 Å². The average Bonchev–Trinajstić information content (AvgIpc) is 2.45. The summed E-state index contributed by atoms with van der Waals surface area (Å²) >= 11 is 1.41. The second kappa shape index (κ2) is 8.60. The van der Waals surface area contributed by atoms with Crippen LogP contribution in [-0.2, 0) is 10.5 Å². The highest BCUT2D eigenvalue weighted by Crippen LogP contribution is 2.24. The lowest BCUT2D eigenvalue weighted by Gasteiger charge is -2.09. The van der Waals surface area contributed by atoms with Gasteiger partial charge in [0.05, 0.1) is 20.3 Å². The van der Waals surface area contributed by atoms with Crippen LogP contribution in [0.15, 0.2) is 23.2 Å². The Kier molecular flexibility index (Phi) is 7.11. The standard InChI is InChI=1S/C14H20N2O3S/c1-10(17)11-4-5-13(19-3)12(8-11)9-20-14(15)16-6-7-18-2/h4-5,8H,6-7,9H2,1-3H3,(H2,15,16). The van der Waals surface area contributed by atoms with Crippen LogP contribution in [0.1, 0.15) is 22.8 Å². The molecular weight excluding hydrogens is 276 g/mol. The number of nitrogens with zero attached hydrogens (tertiary/aromatic N) is 1. The molecule has 0 saturated carbocycles. The number of ketones is 1. The molecule has 0 aliphatic carbocycles. The normalized spacial score (nSPS) is 11.4. The highest BCUT2D eigenvalue weighted by molar-refractivity contribution is 8.13. The molecular formula is C14H20N2O3S. The van der Waals surface area contributed by atoms with Gasteiger partial charge in [0.2, 0.25) is 0 Å². The molecule has 5 nitrogen and oxygen atoms in total. The first kappa shape index (κ1) is 16.5. The van der Waals surface area contributed by atoms with Gasteiger partial charge in [0, 0.05) is 24.0 Å². The molecule has 1 aromatic rings. The lowest BCUT2D eigenvalue weighted by Crippen LogP contribution is -2.09. The molecule has 20 heavy (non-hydrogen) atoms. The summed E-state index contributed by atoms with van der Waals surface area (Å²) in [4.78, 5) is 15.6. The summed E-state index contributed by atoms with van der Waals surface area (Å²) in [5.74, 6) is 1.37. The summed E-state index contributed by atoms with van der Waals surface area (Å²) in [5.41, 5.74) is 7.39. The van der Waals surface area contributed by atoms with Crippen molar-refractivity contribution in [2.75, 3.05) is 27.4 Å². The molecule has 0 spiro atoms. The maximum Gasteiger partial charge on any atom is 0.159 e. The monoisotopic (exact) mass is 296 g/mol. The highest BCUT2D eigenvalue weighted by atomic mass is 32.2. The molecule has 0 radical (unpaired) electrons. The number of carbonyl (C=O) groups excluding carboxylic acids is 1. The van der Waals surface area contributed by atoms with E-state index in [1.165, 1.54) is 11.8 Å². The number of methoxy groups -OCH3 is 2. The number of ether oxygens (including phenoxy) is 2. The van der Waals surface area contributed by atoms with Crippen LogP contribution >= 0.6 is 11.8 Å². The van der Waals surface area contributed by atoms with Crippen LogP contribution in [-0.4, -0.2) is 38.3 Å². The number of hydrogen-bond acceptors (Lipinski definition) is 5. The Hall–Kier alpha value is -1.53. The first-order chi connectivity index (χ1) is 9.58. The molecule has 0 amide bonds. The zero-order valence-corrected chi connectivity index (χ0v) is 12.8. The van der Waals surface area contributed by atoms with E-state index in [1.807, 2.05) is 6.07 Å². The summed E-state index contributed by atoms with van der Waals surface area (Å²) in [5, 5.41) is 0.498. The fourth-order valence-corrected chi connectivity index (χ4v) is 2.27. The van der Waals surface area contributed by atoms with Crippen LogP contribution < -0.4 is 10.5 Å². The number of nitrogens with two attached hydrogens (primary N) is 1. The molecule has 0 atom stereocenters. The topological polar surface area (TPSA) is 73.9 Å². The van der Waals surface area contributed by atoms with Gasteiger partial charge in [-0.2, -0.15) is 0 Å². The summed E-state index contributed by atoms with van der Waals surface area (Å²) in [6, 6.07) is 5.38. The van der Waals surface area contributed by atoms with Crippen molar-refractivity contribution in [3.8, 4) is 5.75 Å². The Morgan fingerprint density at radius 3 is 2.75 bits per heavy atom. The summed E-state index contributed by atoms with van der Waals surface area (Å²) in [7, 11) is 3.23. The largest absolute Gasteiger partial charge is 0.496 e. The zero-order valence-electron chi connectivity index (χ0n) is 12.0. The Balaban J connectivity index is 2.72. The molecule has 2 N–H and O–H groups in total. The summed E-state index contributed by atoms with van der Waals surface area (Å²) < 4.78 is 10.2. The van der Waals surface area contributed by atoms with E-state index < -0.39 is 0 Å². The molecule has 0 aliphatic rings. The van der Waals surface area contributed by atoms with Crippen molar-refractivity contribution in [1.29, 1.82) is 0 Å². The number of carbonyl (C=O) groups is 1. The van der Waals surface area contributed by atoms with Gasteiger partial charge < -0.3 is 15.2 Å². The van der Waals surface area contributed by atoms with E-state index in [0.717, 1.165) is 11.3 Å². The van der Waals surface area contributed by atoms with Crippen molar-refractivity contribution < 1.29 is 14.3 Å². The number of amidine groups is 1. The van der Waals surface area contributed by atoms with Crippen LogP contribution in [0.4, 0.5) is 0 Å². The number of thioether (sulfide) groups is 1. The van der Waals surface area contributed by atoms with E-state index in [4.69, 9.17) is 15.2 Å². The fourth-order valence-electron chi connectivity index (χ4n) is 1.55. The van der Waals surface area contributed by atoms with Crippen LogP contribution in [0.2, 0.25) is 0 Å². The second-order valence-corrected chi connectivity index (χ2v) is 5.08. The minimum Gasteiger partial charge on any atom is -0.496 e. The van der Waals surface area contributed by atoms with Crippen molar-refractivity contribution in [2.45, 2.75) is 12.7 Å². The van der Waals surface area contributed by atoms with Crippen molar-refractivity contribution >= 4 is 22.7 Å². The van der Waals surface area contributed by atoms with E-state index >= 15 is 0 Å². The number of aliphatic imine (C=N–C) groups is 1. The average molecular weight is 296 g/mol. The molecule has 1 rings (SSSR count). The molecule has 6 heteroatoms. The third kappa shape index (κ3) is 5.22. The van der Waals surface area contributed by atoms with Gasteiger partial charge in [-0.1, -0.05) is 11.8 Å². The van der Waals surface area contributed by atoms with Crippen molar-refractivity contribution in [2.24, 2.45) is 10.7 Å². The van der Waals surface area contributed by atoms with Crippen molar-refractivity contribution in [3.63, 3.8) is 0 Å². The minimum absolute atomic E-state index is 0.0284. The predicted molar refractivity (Wildman–Crippen MR) is 82.7 cm³/mol. The first-order valence-electron chi connectivity index (χ1n) is 6.18. The molecule has 0 bridgehead atoms. The van der Waals surface area contributed by atoms with Gasteiger partial charge in [-0.3, -0.25) is 9.79 Å². The second-order valence-electron chi connectivity index (χ2n) is 4.08. The van der Waals surface area contributed by atoms with Crippen LogP contribution in [0.3, 0.4) is 0 Å². The fraction of sp³-hybridized carbons (Fsp3) is 0.429. The molecule has 0 saturated heterocycles. The maximum absolute atomic E-state index is 11.4. The Morgan fingerprint density at radius 2 is 2.15 bits per heavy atom. The predicted octanol–water partition coefficient (Wildman–Crippen LogP) is 2.09. The molecule has 110 valence electrons. The van der Waals surface area contributed by atoms with E-state index in [9.17, 15) is 4.79 Å². The molecule has 0 aliphatic heterocycles. The lowest BCUT2D eigenvalue weighted by atomic mass is 10.1. The van der Waals surface area contributed by atoms with E-state index in [-0.39, 0.29) is 5.78 Å². The Bertz CT molecular complexity index is 489. The number of benzene rings is 1. The van der Waals surface area contributed by atoms with Gasteiger partial charge in [-0.15, -0.1) is 0 Å². The van der Waals surface area contributed by atoms with Gasteiger partial charge in [-0.25, -0.2) is 0 Å². The SMILES string of the molecule is COCCN=C(N)SCc1cc(C(C)=O)ccc1OC. The Labute approximate surface area is 123 Å². The Morgan fingerprint density at radius 1 is 1.40 bits per heavy atom. The van der Waals surface area contributed by atoms with Gasteiger partial charge in [0.1, 0.15) is 5.75 Å². The molecule has 0 heterocycles. The zero-order chi connectivity index (χ0) is 15.0. The quantitative estimate of drug-likeness (QED) is 0.361. The van der Waals surface area contributed by atoms with Gasteiger partial charge >= 0.3 is 0 Å². The molecule has 0 fully saturated rings. The first-order valence-corrected chi connectivity index (χ1v) is 7.16. The van der Waals surface area contributed by atoms with Crippen LogP contribution in [0.25, 0.3) is 0 Å². The van der Waals surface area contributed by atoms with E-state index in [0.29, 0.717) is 29.6 Å². The molecule has 0 aromatic heterocycles. The van der Waals surface area contributed by atoms with Gasteiger partial charge in [-0.05, 0) is 25.1 Å². The van der Waals surface area contributed by atoms with Crippen molar-refractivity contribution in [3.05, 3.63) is 29.3 Å². The lowest BCUT2D eigenvalue weighted by molar-refractivity contribution is 0.101.